The van der Waals surface area contributed by atoms with Crippen LogP contribution in [0, 0.1) is 0 Å². The number of aromatic nitrogens is 2. The van der Waals surface area contributed by atoms with E-state index < -0.39 is 17.5 Å². The molecule has 3 aromatic rings. The van der Waals surface area contributed by atoms with E-state index in [1.165, 1.54) is 23.2 Å². The summed E-state index contributed by atoms with van der Waals surface area (Å²) in [5.74, 6) is -1.07. The van der Waals surface area contributed by atoms with Crippen molar-refractivity contribution in [2.75, 3.05) is 13.2 Å². The molecule has 7 nitrogen and oxygen atoms in total. The second kappa shape index (κ2) is 10.7. The quantitative estimate of drug-likeness (QED) is 0.362. The maximum atomic E-state index is 12.8. The lowest BCUT2D eigenvalue weighted by molar-refractivity contribution is -0.144. The van der Waals surface area contributed by atoms with Crippen LogP contribution in [0.5, 0.6) is 0 Å². The van der Waals surface area contributed by atoms with Crippen molar-refractivity contribution < 1.29 is 19.1 Å². The van der Waals surface area contributed by atoms with Crippen LogP contribution in [0.2, 0.25) is 0 Å². The molecule has 30 heavy (non-hydrogen) atoms. The Morgan fingerprint density at radius 2 is 1.87 bits per heavy atom. The SMILES string of the molecule is CCCCOC(=O)c1csc2ncn(CC(=O)OCCCc3ccccc3)c(=O)c12. The van der Waals surface area contributed by atoms with Gasteiger partial charge in [0.2, 0.25) is 0 Å². The van der Waals surface area contributed by atoms with Gasteiger partial charge in [0.05, 0.1) is 30.5 Å². The largest absolute Gasteiger partial charge is 0.464 e. The molecule has 0 N–H and O–H groups in total. The summed E-state index contributed by atoms with van der Waals surface area (Å²) in [7, 11) is 0. The summed E-state index contributed by atoms with van der Waals surface area (Å²) in [5, 5.41) is 1.75. The van der Waals surface area contributed by atoms with Crippen molar-refractivity contribution in [3.8, 4) is 0 Å². The monoisotopic (exact) mass is 428 g/mol. The Balaban J connectivity index is 1.61. The Morgan fingerprint density at radius 3 is 2.63 bits per heavy atom. The number of unbranched alkanes of at least 4 members (excludes halogenated alkanes) is 1. The molecule has 158 valence electrons. The van der Waals surface area contributed by atoms with Gasteiger partial charge < -0.3 is 9.47 Å². The first-order chi connectivity index (χ1) is 14.6. The number of esters is 2. The van der Waals surface area contributed by atoms with E-state index in [2.05, 4.69) is 4.98 Å². The summed E-state index contributed by atoms with van der Waals surface area (Å²) in [5.41, 5.74) is 0.911. The zero-order valence-corrected chi connectivity index (χ0v) is 17.7. The lowest BCUT2D eigenvalue weighted by Crippen LogP contribution is -2.26. The third-order valence-corrected chi connectivity index (χ3v) is 5.41. The molecule has 0 aliphatic rings. The van der Waals surface area contributed by atoms with Gasteiger partial charge in [-0.2, -0.15) is 0 Å². The Bertz CT molecular complexity index is 1060. The average Bonchev–Trinajstić information content (AvgIpc) is 3.19. The zero-order valence-electron chi connectivity index (χ0n) is 16.8. The van der Waals surface area contributed by atoms with Crippen molar-refractivity contribution in [3.63, 3.8) is 0 Å². The molecule has 8 heteroatoms. The van der Waals surface area contributed by atoms with Gasteiger partial charge in [-0.15, -0.1) is 11.3 Å². The van der Waals surface area contributed by atoms with E-state index >= 15 is 0 Å². The number of aryl methyl sites for hydroxylation is 1. The summed E-state index contributed by atoms with van der Waals surface area (Å²) in [4.78, 5) is 41.9. The van der Waals surface area contributed by atoms with Gasteiger partial charge in [-0.1, -0.05) is 43.7 Å². The van der Waals surface area contributed by atoms with Gasteiger partial charge in [-0.3, -0.25) is 14.2 Å². The smallest absolute Gasteiger partial charge is 0.339 e. The predicted octanol–water partition coefficient (Wildman–Crippen LogP) is 3.59. The van der Waals surface area contributed by atoms with Crippen molar-refractivity contribution >= 4 is 33.5 Å². The molecule has 0 unspecified atom stereocenters. The first-order valence-corrected chi connectivity index (χ1v) is 10.8. The average molecular weight is 429 g/mol. The third kappa shape index (κ3) is 5.54. The lowest BCUT2D eigenvalue weighted by atomic mass is 10.1. The number of rotatable bonds is 10. The highest BCUT2D eigenvalue weighted by molar-refractivity contribution is 7.17. The van der Waals surface area contributed by atoms with Crippen LogP contribution in [0.1, 0.15) is 42.1 Å². The van der Waals surface area contributed by atoms with E-state index in [1.54, 1.807) is 5.38 Å². The van der Waals surface area contributed by atoms with Gasteiger partial charge in [0.1, 0.15) is 11.4 Å². The summed E-state index contributed by atoms with van der Waals surface area (Å²) in [6, 6.07) is 9.93. The molecule has 3 rings (SSSR count). The molecule has 0 saturated heterocycles. The Hall–Kier alpha value is -3.00. The second-order valence-corrected chi connectivity index (χ2v) is 7.66. The molecule has 1 aromatic carbocycles. The van der Waals surface area contributed by atoms with Crippen molar-refractivity contribution in [2.45, 2.75) is 39.2 Å². The number of ether oxygens (including phenoxy) is 2. The summed E-state index contributed by atoms with van der Waals surface area (Å²) < 4.78 is 11.6. The molecule has 0 amide bonds. The van der Waals surface area contributed by atoms with Crippen molar-refractivity contribution in [1.29, 1.82) is 0 Å². The van der Waals surface area contributed by atoms with Crippen molar-refractivity contribution in [1.82, 2.24) is 9.55 Å². The van der Waals surface area contributed by atoms with Crippen LogP contribution in [0.25, 0.3) is 10.2 Å². The minimum Gasteiger partial charge on any atom is -0.464 e. The van der Waals surface area contributed by atoms with E-state index in [-0.39, 0.29) is 24.1 Å². The van der Waals surface area contributed by atoms with Gasteiger partial charge in [-0.25, -0.2) is 9.78 Å². The number of carbonyl (C=O) groups excluding carboxylic acids is 2. The predicted molar refractivity (Wildman–Crippen MR) is 115 cm³/mol. The molecule has 0 radical (unpaired) electrons. The van der Waals surface area contributed by atoms with E-state index in [1.807, 2.05) is 37.3 Å². The number of nitrogens with zero attached hydrogens (tertiary/aromatic N) is 2. The summed E-state index contributed by atoms with van der Waals surface area (Å²) in [6.45, 7) is 2.31. The van der Waals surface area contributed by atoms with Crippen LogP contribution in [0.15, 0.2) is 46.8 Å². The van der Waals surface area contributed by atoms with Gasteiger partial charge >= 0.3 is 11.9 Å². The van der Waals surface area contributed by atoms with Crippen LogP contribution >= 0.6 is 11.3 Å². The van der Waals surface area contributed by atoms with Crippen LogP contribution in [0.3, 0.4) is 0 Å². The molecule has 0 aliphatic carbocycles. The van der Waals surface area contributed by atoms with E-state index in [0.29, 0.717) is 17.9 Å². The van der Waals surface area contributed by atoms with Crippen LogP contribution < -0.4 is 5.56 Å². The first-order valence-electron chi connectivity index (χ1n) is 9.93. The summed E-state index contributed by atoms with van der Waals surface area (Å²) in [6.07, 6.45) is 4.46. The highest BCUT2D eigenvalue weighted by Gasteiger charge is 2.19. The van der Waals surface area contributed by atoms with Crippen molar-refractivity contribution in [2.24, 2.45) is 0 Å². The fourth-order valence-electron chi connectivity index (χ4n) is 2.91. The third-order valence-electron chi connectivity index (χ3n) is 4.53. The Morgan fingerprint density at radius 1 is 1.10 bits per heavy atom. The number of hydrogen-bond acceptors (Lipinski definition) is 7. The van der Waals surface area contributed by atoms with E-state index in [9.17, 15) is 14.4 Å². The molecule has 0 bridgehead atoms. The maximum absolute atomic E-state index is 12.8. The molecule has 0 atom stereocenters. The second-order valence-electron chi connectivity index (χ2n) is 6.81. The lowest BCUT2D eigenvalue weighted by Gasteiger charge is -2.07. The molecule has 0 aliphatic heterocycles. The Labute approximate surface area is 178 Å². The number of thiophene rings is 1. The van der Waals surface area contributed by atoms with Gasteiger partial charge in [0.25, 0.3) is 5.56 Å². The molecular weight excluding hydrogens is 404 g/mol. The molecule has 0 saturated carbocycles. The minimum atomic E-state index is -0.546. The number of benzene rings is 1. The van der Waals surface area contributed by atoms with Crippen LogP contribution in [0.4, 0.5) is 0 Å². The standard InChI is InChI=1S/C22H24N2O5S/c1-2-3-11-29-22(27)17-14-30-20-19(17)21(26)24(15-23-20)13-18(25)28-12-7-10-16-8-5-4-6-9-16/h4-6,8-9,14-15H,2-3,7,10-13H2,1H3. The highest BCUT2D eigenvalue weighted by atomic mass is 32.1. The number of fused-ring (bicyclic) bond motifs is 1. The Kier molecular flexibility index (Phi) is 7.73. The fraction of sp³-hybridized carbons (Fsp3) is 0.364. The highest BCUT2D eigenvalue weighted by Crippen LogP contribution is 2.21. The number of carbonyl (C=O) groups is 2. The molecule has 0 spiro atoms. The van der Waals surface area contributed by atoms with E-state index in [0.717, 1.165) is 23.8 Å². The van der Waals surface area contributed by atoms with Crippen LogP contribution in [-0.2, 0) is 27.2 Å². The van der Waals surface area contributed by atoms with Gasteiger partial charge in [0, 0.05) is 5.38 Å². The van der Waals surface area contributed by atoms with E-state index in [4.69, 9.17) is 9.47 Å². The zero-order chi connectivity index (χ0) is 21.3. The molecule has 2 aromatic heterocycles. The fourth-order valence-corrected chi connectivity index (χ4v) is 3.78. The van der Waals surface area contributed by atoms with Gasteiger partial charge in [0.15, 0.2) is 0 Å². The molecule has 2 heterocycles. The normalized spacial score (nSPS) is 10.8. The van der Waals surface area contributed by atoms with Crippen LogP contribution in [-0.4, -0.2) is 34.7 Å². The minimum absolute atomic E-state index is 0.181. The summed E-state index contributed by atoms with van der Waals surface area (Å²) >= 11 is 1.20. The topological polar surface area (TPSA) is 87.5 Å². The molecular formula is C22H24N2O5S. The maximum Gasteiger partial charge on any atom is 0.339 e. The molecule has 0 fully saturated rings. The van der Waals surface area contributed by atoms with Crippen molar-refractivity contribution in [3.05, 3.63) is 63.5 Å². The number of hydrogen-bond donors (Lipinski definition) is 0. The van der Waals surface area contributed by atoms with Gasteiger partial charge in [-0.05, 0) is 24.8 Å². The first kappa shape index (κ1) is 21.7.